The Morgan fingerprint density at radius 1 is 1.23 bits per heavy atom. The molecule has 4 rings (SSSR count). The van der Waals surface area contributed by atoms with Crippen LogP contribution in [-0.2, 0) is 14.9 Å². The molecule has 1 aromatic rings. The maximum Gasteiger partial charge on any atom is 0.302 e. The number of Topliss-reactive ketones (excluding diaryl/α,β-unsaturated/α-hetero) is 1. The summed E-state index contributed by atoms with van der Waals surface area (Å²) in [6.45, 7) is 8.88. The van der Waals surface area contributed by atoms with Crippen molar-refractivity contribution in [2.45, 2.75) is 71.6 Å². The molecule has 1 aromatic heterocycles. The number of ether oxygens (including phenoxy) is 1. The van der Waals surface area contributed by atoms with E-state index in [1.165, 1.54) is 13.3 Å². The maximum absolute atomic E-state index is 12.9. The van der Waals surface area contributed by atoms with Gasteiger partial charge < -0.3 is 9.15 Å². The molecule has 2 saturated carbocycles. The first-order valence-electron chi connectivity index (χ1n) is 9.95. The van der Waals surface area contributed by atoms with Gasteiger partial charge in [0.25, 0.3) is 0 Å². The molecule has 4 unspecified atom stereocenters. The first kappa shape index (κ1) is 17.8. The van der Waals surface area contributed by atoms with Crippen LogP contribution < -0.4 is 0 Å². The van der Waals surface area contributed by atoms with E-state index < -0.39 is 0 Å². The highest BCUT2D eigenvalue weighted by molar-refractivity contribution is 5.99. The maximum atomic E-state index is 12.9. The molecule has 26 heavy (non-hydrogen) atoms. The van der Waals surface area contributed by atoms with Crippen LogP contribution >= 0.6 is 0 Å². The zero-order valence-electron chi connectivity index (χ0n) is 16.4. The van der Waals surface area contributed by atoms with Crippen molar-refractivity contribution in [2.75, 3.05) is 6.61 Å². The van der Waals surface area contributed by atoms with E-state index in [2.05, 4.69) is 20.8 Å². The highest BCUT2D eigenvalue weighted by Crippen LogP contribution is 2.67. The van der Waals surface area contributed by atoms with Gasteiger partial charge >= 0.3 is 5.97 Å². The Labute approximate surface area is 155 Å². The van der Waals surface area contributed by atoms with Crippen LogP contribution in [0.2, 0.25) is 0 Å². The lowest BCUT2D eigenvalue weighted by atomic mass is 9.41. The summed E-state index contributed by atoms with van der Waals surface area (Å²) in [7, 11) is 0. The van der Waals surface area contributed by atoms with E-state index in [-0.39, 0.29) is 33.9 Å². The van der Waals surface area contributed by atoms with E-state index in [0.717, 1.165) is 37.0 Å². The number of esters is 1. The topological polar surface area (TPSA) is 56.5 Å². The van der Waals surface area contributed by atoms with Crippen molar-refractivity contribution in [3.8, 4) is 0 Å². The fourth-order valence-electron chi connectivity index (χ4n) is 6.82. The van der Waals surface area contributed by atoms with Gasteiger partial charge in [0.15, 0.2) is 5.78 Å². The van der Waals surface area contributed by atoms with Gasteiger partial charge in [0.1, 0.15) is 5.76 Å². The quantitative estimate of drug-likeness (QED) is 0.705. The van der Waals surface area contributed by atoms with E-state index >= 15 is 0 Å². The Balaban J connectivity index is 1.84. The minimum absolute atomic E-state index is 0.138. The molecule has 4 atom stereocenters. The fourth-order valence-corrected chi connectivity index (χ4v) is 6.82. The molecule has 0 N–H and O–H groups in total. The number of hydrogen-bond donors (Lipinski definition) is 0. The normalized spacial score (nSPS) is 38.1. The second-order valence-corrected chi connectivity index (χ2v) is 9.71. The molecule has 0 radical (unpaired) electrons. The Bertz CT molecular complexity index is 745. The predicted octanol–water partition coefficient (Wildman–Crippen LogP) is 4.91. The standard InChI is InChI=1S/C22H30O4/c1-14(23)26-13-22-9-5-8-20(2,3)17(22)6-10-21(4)18(22)12-16(24)15-7-11-25-19(15)21/h7,11,17-18H,5-6,8-10,12-13H2,1-4H3. The molecule has 0 aliphatic heterocycles. The Kier molecular flexibility index (Phi) is 3.91. The van der Waals surface area contributed by atoms with Crippen LogP contribution in [0, 0.1) is 22.7 Å². The third-order valence-corrected chi connectivity index (χ3v) is 7.93. The molecule has 142 valence electrons. The van der Waals surface area contributed by atoms with Crippen molar-refractivity contribution in [3.05, 3.63) is 23.7 Å². The lowest BCUT2D eigenvalue weighted by molar-refractivity contribution is -0.171. The van der Waals surface area contributed by atoms with Crippen LogP contribution in [-0.4, -0.2) is 18.4 Å². The van der Waals surface area contributed by atoms with E-state index in [1.54, 1.807) is 6.26 Å². The van der Waals surface area contributed by atoms with Crippen molar-refractivity contribution in [1.82, 2.24) is 0 Å². The molecule has 1 heterocycles. The third-order valence-electron chi connectivity index (χ3n) is 7.93. The first-order valence-corrected chi connectivity index (χ1v) is 9.95. The van der Waals surface area contributed by atoms with Crippen LogP contribution in [0.5, 0.6) is 0 Å². The van der Waals surface area contributed by atoms with Gasteiger partial charge in [-0.05, 0) is 49.0 Å². The van der Waals surface area contributed by atoms with Crippen molar-refractivity contribution in [2.24, 2.45) is 22.7 Å². The molecule has 3 aliphatic rings. The SMILES string of the molecule is CC(=O)OCC12CCCC(C)(C)C1CCC1(C)c3occc3C(=O)CC12. The molecule has 0 saturated heterocycles. The van der Waals surface area contributed by atoms with Crippen LogP contribution in [0.1, 0.15) is 82.3 Å². The van der Waals surface area contributed by atoms with Gasteiger partial charge in [0.05, 0.1) is 18.4 Å². The molecule has 0 amide bonds. The number of carbonyl (C=O) groups is 2. The zero-order chi connectivity index (χ0) is 18.7. The van der Waals surface area contributed by atoms with Gasteiger partial charge in [-0.3, -0.25) is 9.59 Å². The van der Waals surface area contributed by atoms with Gasteiger partial charge in [0, 0.05) is 24.2 Å². The number of fused-ring (bicyclic) bond motifs is 5. The molecular formula is C22H30O4. The zero-order valence-corrected chi connectivity index (χ0v) is 16.4. The summed E-state index contributed by atoms with van der Waals surface area (Å²) in [6, 6.07) is 1.83. The Hall–Kier alpha value is -1.58. The van der Waals surface area contributed by atoms with Crippen molar-refractivity contribution in [3.63, 3.8) is 0 Å². The van der Waals surface area contributed by atoms with Crippen LogP contribution in [0.3, 0.4) is 0 Å². The van der Waals surface area contributed by atoms with Crippen LogP contribution in [0.4, 0.5) is 0 Å². The van der Waals surface area contributed by atoms with Crippen molar-refractivity contribution in [1.29, 1.82) is 0 Å². The third kappa shape index (κ3) is 2.33. The van der Waals surface area contributed by atoms with E-state index in [1.807, 2.05) is 6.07 Å². The summed E-state index contributed by atoms with van der Waals surface area (Å²) < 4.78 is 11.5. The molecule has 0 spiro atoms. The average molecular weight is 358 g/mol. The summed E-state index contributed by atoms with van der Waals surface area (Å²) in [6.07, 6.45) is 7.66. The number of furan rings is 1. The van der Waals surface area contributed by atoms with Crippen LogP contribution in [0.15, 0.2) is 16.7 Å². The molecule has 2 fully saturated rings. The number of rotatable bonds is 2. The summed E-state index contributed by atoms with van der Waals surface area (Å²) in [5.74, 6) is 1.45. The van der Waals surface area contributed by atoms with E-state index in [4.69, 9.17) is 9.15 Å². The molecule has 4 nitrogen and oxygen atoms in total. The van der Waals surface area contributed by atoms with E-state index in [9.17, 15) is 9.59 Å². The first-order chi connectivity index (χ1) is 12.2. The summed E-state index contributed by atoms with van der Waals surface area (Å²) >= 11 is 0. The fraction of sp³-hybridized carbons (Fsp3) is 0.727. The lowest BCUT2D eigenvalue weighted by Crippen LogP contribution is -2.61. The second kappa shape index (κ2) is 5.71. The summed E-state index contributed by atoms with van der Waals surface area (Å²) in [5.41, 5.74) is 0.670. The van der Waals surface area contributed by atoms with E-state index in [0.29, 0.717) is 18.9 Å². The number of hydrogen-bond acceptors (Lipinski definition) is 4. The Morgan fingerprint density at radius 3 is 2.73 bits per heavy atom. The van der Waals surface area contributed by atoms with Gasteiger partial charge in [-0.25, -0.2) is 0 Å². The smallest absolute Gasteiger partial charge is 0.302 e. The predicted molar refractivity (Wildman–Crippen MR) is 97.9 cm³/mol. The average Bonchev–Trinajstić information content (AvgIpc) is 3.06. The molecular weight excluding hydrogens is 328 g/mol. The minimum atomic E-state index is -0.227. The second-order valence-electron chi connectivity index (χ2n) is 9.71. The number of carbonyl (C=O) groups excluding carboxylic acids is 2. The largest absolute Gasteiger partial charge is 0.468 e. The van der Waals surface area contributed by atoms with Gasteiger partial charge in [0.2, 0.25) is 0 Å². The number of ketones is 1. The van der Waals surface area contributed by atoms with Crippen molar-refractivity contribution < 1.29 is 18.7 Å². The highest BCUT2D eigenvalue weighted by atomic mass is 16.5. The summed E-state index contributed by atoms with van der Waals surface area (Å²) in [5, 5.41) is 0. The van der Waals surface area contributed by atoms with Crippen LogP contribution in [0.25, 0.3) is 0 Å². The Morgan fingerprint density at radius 2 is 2.00 bits per heavy atom. The van der Waals surface area contributed by atoms with Gasteiger partial charge in [-0.2, -0.15) is 0 Å². The molecule has 4 heteroatoms. The summed E-state index contributed by atoms with van der Waals surface area (Å²) in [4.78, 5) is 24.6. The van der Waals surface area contributed by atoms with Gasteiger partial charge in [-0.15, -0.1) is 0 Å². The minimum Gasteiger partial charge on any atom is -0.468 e. The van der Waals surface area contributed by atoms with Gasteiger partial charge in [-0.1, -0.05) is 27.2 Å². The van der Waals surface area contributed by atoms with Crippen molar-refractivity contribution >= 4 is 11.8 Å². The lowest BCUT2D eigenvalue weighted by Gasteiger charge is -2.63. The molecule has 3 aliphatic carbocycles. The highest BCUT2D eigenvalue weighted by Gasteiger charge is 2.64. The molecule has 0 aromatic carbocycles. The monoisotopic (exact) mass is 358 g/mol. The molecule has 0 bridgehead atoms.